The lowest BCUT2D eigenvalue weighted by molar-refractivity contribution is 0.715. The van der Waals surface area contributed by atoms with Crippen LogP contribution < -0.4 is 4.90 Å². The van der Waals surface area contributed by atoms with E-state index in [1.165, 1.54) is 77.2 Å². The summed E-state index contributed by atoms with van der Waals surface area (Å²) in [5.74, 6) is 0. The zero-order valence-electron chi connectivity index (χ0n) is 31.1. The molecule has 2 heteroatoms. The van der Waals surface area contributed by atoms with Gasteiger partial charge in [0.2, 0.25) is 0 Å². The van der Waals surface area contributed by atoms with Crippen LogP contribution in [0.3, 0.4) is 0 Å². The number of hydrogen-bond acceptors (Lipinski definition) is 1. The molecule has 1 atom stereocenters. The summed E-state index contributed by atoms with van der Waals surface area (Å²) in [5.41, 5.74) is 15.6. The van der Waals surface area contributed by atoms with E-state index in [-0.39, 0.29) is 5.41 Å². The van der Waals surface area contributed by atoms with Crippen molar-refractivity contribution in [3.05, 3.63) is 229 Å². The zero-order chi connectivity index (χ0) is 37.2. The van der Waals surface area contributed by atoms with Crippen LogP contribution in [0.25, 0.3) is 60.5 Å². The van der Waals surface area contributed by atoms with Gasteiger partial charge in [0.1, 0.15) is 0 Å². The highest BCUT2D eigenvalue weighted by molar-refractivity contribution is 6.15. The highest BCUT2D eigenvalue weighted by Crippen LogP contribution is 2.54. The fourth-order valence-electron chi connectivity index (χ4n) is 9.36. The van der Waals surface area contributed by atoms with E-state index in [0.29, 0.717) is 0 Å². The van der Waals surface area contributed by atoms with Gasteiger partial charge in [0.15, 0.2) is 0 Å². The molecule has 11 rings (SSSR count). The van der Waals surface area contributed by atoms with Crippen molar-refractivity contribution < 1.29 is 0 Å². The van der Waals surface area contributed by atoms with Crippen LogP contribution in [0.15, 0.2) is 212 Å². The predicted octanol–water partition coefficient (Wildman–Crippen LogP) is 14.4. The Kier molecular flexibility index (Phi) is 7.33. The Bertz CT molecular complexity index is 3090. The second-order valence-electron chi connectivity index (χ2n) is 15.1. The van der Waals surface area contributed by atoms with Gasteiger partial charge in [-0.2, -0.15) is 0 Å². The van der Waals surface area contributed by atoms with E-state index in [2.05, 4.69) is 229 Å². The first kappa shape index (κ1) is 32.3. The molecule has 9 aromatic carbocycles. The van der Waals surface area contributed by atoms with Crippen LogP contribution in [-0.4, -0.2) is 4.57 Å². The van der Waals surface area contributed by atoms with E-state index >= 15 is 0 Å². The quantitative estimate of drug-likeness (QED) is 0.166. The zero-order valence-corrected chi connectivity index (χ0v) is 31.1. The van der Waals surface area contributed by atoms with Gasteiger partial charge in [-0.25, -0.2) is 0 Å². The largest absolute Gasteiger partial charge is 0.310 e. The van der Waals surface area contributed by atoms with Crippen LogP contribution >= 0.6 is 0 Å². The maximum absolute atomic E-state index is 2.44. The van der Waals surface area contributed by atoms with Crippen molar-refractivity contribution in [2.75, 3.05) is 4.90 Å². The van der Waals surface area contributed by atoms with Gasteiger partial charge in [-0.05, 0) is 123 Å². The van der Waals surface area contributed by atoms with Gasteiger partial charge in [0.25, 0.3) is 0 Å². The van der Waals surface area contributed by atoms with E-state index in [9.17, 15) is 0 Å². The summed E-state index contributed by atoms with van der Waals surface area (Å²) in [4.78, 5) is 2.40. The maximum atomic E-state index is 2.44. The molecule has 1 heterocycles. The average Bonchev–Trinajstić information content (AvgIpc) is 3.74. The van der Waals surface area contributed by atoms with Crippen molar-refractivity contribution in [3.63, 3.8) is 0 Å². The fraction of sp³-hybridized carbons (Fsp3) is 0.0370. The summed E-state index contributed by atoms with van der Waals surface area (Å²) < 4.78 is 2.39. The van der Waals surface area contributed by atoms with Crippen LogP contribution in [-0.2, 0) is 5.41 Å². The Balaban J connectivity index is 1.05. The first-order valence-electron chi connectivity index (χ1n) is 19.4. The Morgan fingerprint density at radius 3 is 1.88 bits per heavy atom. The predicted molar refractivity (Wildman–Crippen MR) is 236 cm³/mol. The Labute approximate surface area is 327 Å². The minimum absolute atomic E-state index is 0.324. The van der Waals surface area contributed by atoms with Gasteiger partial charge < -0.3 is 9.47 Å². The maximum Gasteiger partial charge on any atom is 0.0547 e. The summed E-state index contributed by atoms with van der Waals surface area (Å²) in [6, 6.07) is 77.7. The molecule has 0 aliphatic heterocycles. The molecule has 0 saturated carbocycles. The molecule has 1 aromatic heterocycles. The van der Waals surface area contributed by atoms with Crippen molar-refractivity contribution in [2.45, 2.75) is 12.3 Å². The number of hydrogen-bond donors (Lipinski definition) is 0. The third-order valence-electron chi connectivity index (χ3n) is 12.0. The molecule has 0 radical (unpaired) electrons. The van der Waals surface area contributed by atoms with E-state index in [0.717, 1.165) is 17.1 Å². The molecule has 0 amide bonds. The highest BCUT2D eigenvalue weighted by atomic mass is 15.1. The molecule has 264 valence electrons. The van der Waals surface area contributed by atoms with Crippen molar-refractivity contribution in [1.82, 2.24) is 4.57 Å². The monoisotopic (exact) mass is 714 g/mol. The summed E-state index contributed by atoms with van der Waals surface area (Å²) in [7, 11) is 0. The topological polar surface area (TPSA) is 8.17 Å². The highest BCUT2D eigenvalue weighted by Gasteiger charge is 2.41. The fourth-order valence-corrected chi connectivity index (χ4v) is 9.36. The molecule has 0 fully saturated rings. The average molecular weight is 715 g/mol. The van der Waals surface area contributed by atoms with Crippen molar-refractivity contribution >= 4 is 49.6 Å². The number of anilines is 3. The molecular weight excluding hydrogens is 677 g/mol. The second kappa shape index (κ2) is 12.7. The lowest BCUT2D eigenvalue weighted by Gasteiger charge is -2.31. The normalized spacial score (nSPS) is 14.6. The van der Waals surface area contributed by atoms with Gasteiger partial charge in [0.05, 0.1) is 11.0 Å². The van der Waals surface area contributed by atoms with Crippen LogP contribution in [0.2, 0.25) is 0 Å². The van der Waals surface area contributed by atoms with E-state index in [1.54, 1.807) is 0 Å². The standard InChI is InChI=1S/C54H38N2/c1-54(40-30-27-37-15-8-9-16-39(37)35-40)49-24-12-10-21-46(49)47-34-33-44(36-50(47)54)55(41-17-4-2-5-18-41)43-31-28-38(29-32-43)45-23-14-26-52-53(45)48-22-11-13-25-51(48)56(52)42-19-6-3-7-20-42/h2-36H,1H3. The molecular formula is C54H38N2. The van der Waals surface area contributed by atoms with E-state index in [1.807, 2.05) is 0 Å². The van der Waals surface area contributed by atoms with Crippen molar-refractivity contribution in [2.24, 2.45) is 0 Å². The van der Waals surface area contributed by atoms with Crippen molar-refractivity contribution in [3.8, 4) is 27.9 Å². The molecule has 56 heavy (non-hydrogen) atoms. The number of benzene rings is 9. The summed E-state index contributed by atoms with van der Waals surface area (Å²) in [5, 5.41) is 5.05. The molecule has 0 spiro atoms. The Morgan fingerprint density at radius 1 is 0.411 bits per heavy atom. The number of aromatic nitrogens is 1. The van der Waals surface area contributed by atoms with Crippen molar-refractivity contribution in [1.29, 1.82) is 0 Å². The number of para-hydroxylation sites is 3. The van der Waals surface area contributed by atoms with Gasteiger partial charge >= 0.3 is 0 Å². The second-order valence-corrected chi connectivity index (χ2v) is 15.1. The van der Waals surface area contributed by atoms with E-state index < -0.39 is 0 Å². The minimum Gasteiger partial charge on any atom is -0.310 e. The third-order valence-corrected chi connectivity index (χ3v) is 12.0. The van der Waals surface area contributed by atoms with Gasteiger partial charge in [-0.1, -0.05) is 146 Å². The van der Waals surface area contributed by atoms with E-state index in [4.69, 9.17) is 0 Å². The molecule has 1 unspecified atom stereocenters. The summed E-state index contributed by atoms with van der Waals surface area (Å²) in [6.07, 6.45) is 0. The van der Waals surface area contributed by atoms with Gasteiger partial charge in [-0.15, -0.1) is 0 Å². The van der Waals surface area contributed by atoms with Crippen LogP contribution in [0, 0.1) is 0 Å². The molecule has 0 saturated heterocycles. The van der Waals surface area contributed by atoms with Crippen LogP contribution in [0.1, 0.15) is 23.6 Å². The molecule has 10 aromatic rings. The number of nitrogens with zero attached hydrogens (tertiary/aromatic N) is 2. The van der Waals surface area contributed by atoms with Gasteiger partial charge in [0, 0.05) is 38.9 Å². The summed E-state index contributed by atoms with van der Waals surface area (Å²) >= 11 is 0. The smallest absolute Gasteiger partial charge is 0.0547 e. The molecule has 0 bridgehead atoms. The molecule has 2 nitrogen and oxygen atoms in total. The van der Waals surface area contributed by atoms with Crippen LogP contribution in [0.4, 0.5) is 17.1 Å². The molecule has 0 N–H and O–H groups in total. The third kappa shape index (κ3) is 4.89. The SMILES string of the molecule is CC1(c2ccc3ccccc3c2)c2ccccc2-c2ccc(N(c3ccccc3)c3ccc(-c4cccc5c4c4ccccc4n5-c4ccccc4)cc3)cc21. The van der Waals surface area contributed by atoms with Gasteiger partial charge in [-0.3, -0.25) is 0 Å². The summed E-state index contributed by atoms with van der Waals surface area (Å²) in [6.45, 7) is 2.41. The molecule has 1 aliphatic rings. The first-order valence-corrected chi connectivity index (χ1v) is 19.4. The number of fused-ring (bicyclic) bond motifs is 7. The van der Waals surface area contributed by atoms with Crippen LogP contribution in [0.5, 0.6) is 0 Å². The first-order chi connectivity index (χ1) is 27.7. The number of rotatable bonds is 6. The lowest BCUT2D eigenvalue weighted by atomic mass is 9.73. The minimum atomic E-state index is -0.324. The molecule has 1 aliphatic carbocycles. The Morgan fingerprint density at radius 2 is 1.04 bits per heavy atom. The Hall–Kier alpha value is -7.16. The lowest BCUT2D eigenvalue weighted by Crippen LogP contribution is -2.23.